The number of phenols is 1. The Balaban J connectivity index is 2.26. The van der Waals surface area contributed by atoms with E-state index in [1.165, 1.54) is 25.0 Å². The fraction of sp³-hybridized carbons (Fsp3) is 0.500. The summed E-state index contributed by atoms with van der Waals surface area (Å²) in [5.74, 6) is 0.00725. The van der Waals surface area contributed by atoms with Crippen LogP contribution in [0.2, 0.25) is 0 Å². The number of carbonyl (C=O) groups excluding carboxylic acids is 1. The minimum Gasteiger partial charge on any atom is -0.508 e. The number of hydrogen-bond acceptors (Lipinski definition) is 3. The third-order valence-electron chi connectivity index (χ3n) is 3.58. The van der Waals surface area contributed by atoms with Crippen molar-refractivity contribution < 1.29 is 9.90 Å². The van der Waals surface area contributed by atoms with Gasteiger partial charge in [-0.05, 0) is 38.0 Å². The Bertz CT molecular complexity index is 445. The first-order valence-electron chi connectivity index (χ1n) is 6.49. The van der Waals surface area contributed by atoms with Crippen LogP contribution in [-0.4, -0.2) is 28.5 Å². The molecule has 98 valence electrons. The quantitative estimate of drug-likeness (QED) is 0.592. The number of nitrogens with two attached hydrogens (primary N) is 1. The number of carbonyl (C=O) groups is 1. The number of anilines is 1. The first-order valence-corrected chi connectivity index (χ1v) is 6.49. The molecule has 2 rings (SSSR count). The average Bonchev–Trinajstić information content (AvgIpc) is 2.56. The van der Waals surface area contributed by atoms with Gasteiger partial charge in [0, 0.05) is 18.3 Å². The maximum atomic E-state index is 12.5. The van der Waals surface area contributed by atoms with E-state index in [1.54, 1.807) is 6.07 Å². The number of amides is 1. The van der Waals surface area contributed by atoms with Gasteiger partial charge in [0.25, 0.3) is 5.91 Å². The maximum absolute atomic E-state index is 12.5. The summed E-state index contributed by atoms with van der Waals surface area (Å²) in [6, 6.07) is 4.76. The van der Waals surface area contributed by atoms with Gasteiger partial charge in [-0.2, -0.15) is 0 Å². The topological polar surface area (TPSA) is 66.6 Å². The highest BCUT2D eigenvalue weighted by Gasteiger charge is 2.24. The van der Waals surface area contributed by atoms with Crippen molar-refractivity contribution in [3.8, 4) is 5.75 Å². The van der Waals surface area contributed by atoms with Gasteiger partial charge < -0.3 is 15.7 Å². The minimum absolute atomic E-state index is 0.0715. The van der Waals surface area contributed by atoms with E-state index in [4.69, 9.17) is 5.73 Å². The summed E-state index contributed by atoms with van der Waals surface area (Å²) in [4.78, 5) is 14.3. The van der Waals surface area contributed by atoms with Gasteiger partial charge in [-0.1, -0.05) is 12.8 Å². The van der Waals surface area contributed by atoms with Gasteiger partial charge in [0.1, 0.15) is 5.75 Å². The zero-order valence-electron chi connectivity index (χ0n) is 10.7. The Morgan fingerprint density at radius 2 is 2.17 bits per heavy atom. The zero-order valence-corrected chi connectivity index (χ0v) is 10.7. The number of hydrogen-bond donors (Lipinski definition) is 2. The van der Waals surface area contributed by atoms with Gasteiger partial charge in [-0.25, -0.2) is 0 Å². The van der Waals surface area contributed by atoms with Crippen molar-refractivity contribution in [3.05, 3.63) is 23.8 Å². The molecule has 1 unspecified atom stereocenters. The predicted octanol–water partition coefficient (Wildman–Crippen LogP) is 2.38. The van der Waals surface area contributed by atoms with Crippen molar-refractivity contribution in [2.75, 3.05) is 12.3 Å². The molecule has 1 aromatic carbocycles. The molecule has 3 N–H and O–H groups in total. The Kier molecular flexibility index (Phi) is 3.75. The van der Waals surface area contributed by atoms with Crippen LogP contribution in [0.3, 0.4) is 0 Å². The number of benzene rings is 1. The first kappa shape index (κ1) is 12.7. The standard InChI is InChI=1S/C14H20N2O2/c1-10-5-3-2-4-8-16(10)14(18)12-9-11(17)6-7-13(12)15/h6-7,9-10,17H,2-5,8,15H2,1H3. The largest absolute Gasteiger partial charge is 0.508 e. The molecule has 1 atom stereocenters. The minimum atomic E-state index is -0.0715. The van der Waals surface area contributed by atoms with Crippen molar-refractivity contribution in [1.82, 2.24) is 4.90 Å². The Morgan fingerprint density at radius 3 is 2.94 bits per heavy atom. The fourth-order valence-electron chi connectivity index (χ4n) is 2.46. The van der Waals surface area contributed by atoms with E-state index in [0.717, 1.165) is 19.4 Å². The Hall–Kier alpha value is -1.71. The summed E-state index contributed by atoms with van der Waals surface area (Å²) >= 11 is 0. The number of rotatable bonds is 1. The van der Waals surface area contributed by atoms with E-state index in [2.05, 4.69) is 6.92 Å². The number of likely N-dealkylation sites (tertiary alicyclic amines) is 1. The van der Waals surface area contributed by atoms with E-state index in [-0.39, 0.29) is 17.7 Å². The first-order chi connectivity index (χ1) is 8.59. The lowest BCUT2D eigenvalue weighted by atomic mass is 10.1. The van der Waals surface area contributed by atoms with Gasteiger partial charge in [-0.3, -0.25) is 4.79 Å². The average molecular weight is 248 g/mol. The summed E-state index contributed by atoms with van der Waals surface area (Å²) in [5.41, 5.74) is 6.65. The van der Waals surface area contributed by atoms with Crippen LogP contribution in [0.25, 0.3) is 0 Å². The summed E-state index contributed by atoms with van der Waals surface area (Å²) in [5, 5.41) is 9.48. The summed E-state index contributed by atoms with van der Waals surface area (Å²) < 4.78 is 0. The van der Waals surface area contributed by atoms with Gasteiger partial charge in [0.2, 0.25) is 0 Å². The Labute approximate surface area is 107 Å². The second-order valence-electron chi connectivity index (χ2n) is 4.97. The molecule has 1 heterocycles. The molecule has 1 aliphatic rings. The zero-order chi connectivity index (χ0) is 13.1. The number of aromatic hydroxyl groups is 1. The van der Waals surface area contributed by atoms with Gasteiger partial charge in [0.05, 0.1) is 5.56 Å². The molecule has 0 bridgehead atoms. The number of nitrogen functional groups attached to an aromatic ring is 1. The normalized spacial score (nSPS) is 20.5. The molecular formula is C14H20N2O2. The molecular weight excluding hydrogens is 228 g/mol. The van der Waals surface area contributed by atoms with E-state index < -0.39 is 0 Å². The van der Waals surface area contributed by atoms with Crippen LogP contribution in [0.15, 0.2) is 18.2 Å². The van der Waals surface area contributed by atoms with Crippen molar-refractivity contribution in [1.29, 1.82) is 0 Å². The van der Waals surface area contributed by atoms with E-state index >= 15 is 0 Å². The fourth-order valence-corrected chi connectivity index (χ4v) is 2.46. The molecule has 1 saturated heterocycles. The molecule has 1 aliphatic heterocycles. The smallest absolute Gasteiger partial charge is 0.256 e. The van der Waals surface area contributed by atoms with Crippen LogP contribution >= 0.6 is 0 Å². The lowest BCUT2D eigenvalue weighted by molar-refractivity contribution is 0.0698. The maximum Gasteiger partial charge on any atom is 0.256 e. The molecule has 0 aromatic heterocycles. The number of nitrogens with zero attached hydrogens (tertiary/aromatic N) is 1. The van der Waals surface area contributed by atoms with Crippen molar-refractivity contribution in [2.45, 2.75) is 38.6 Å². The van der Waals surface area contributed by atoms with Crippen molar-refractivity contribution in [3.63, 3.8) is 0 Å². The second-order valence-corrected chi connectivity index (χ2v) is 4.97. The molecule has 1 amide bonds. The van der Waals surface area contributed by atoms with Crippen LogP contribution < -0.4 is 5.73 Å². The third-order valence-corrected chi connectivity index (χ3v) is 3.58. The van der Waals surface area contributed by atoms with Gasteiger partial charge in [-0.15, -0.1) is 0 Å². The van der Waals surface area contributed by atoms with Gasteiger partial charge >= 0.3 is 0 Å². The van der Waals surface area contributed by atoms with Crippen LogP contribution in [0, 0.1) is 0 Å². The summed E-state index contributed by atoms with van der Waals surface area (Å²) in [6.45, 7) is 2.84. The molecule has 0 radical (unpaired) electrons. The van der Waals surface area contributed by atoms with Crippen LogP contribution in [-0.2, 0) is 0 Å². The van der Waals surface area contributed by atoms with Crippen LogP contribution in [0.1, 0.15) is 43.0 Å². The third kappa shape index (κ3) is 2.58. The molecule has 1 aromatic rings. The lowest BCUT2D eigenvalue weighted by Gasteiger charge is -2.27. The highest BCUT2D eigenvalue weighted by Crippen LogP contribution is 2.24. The lowest BCUT2D eigenvalue weighted by Crippen LogP contribution is -2.38. The monoisotopic (exact) mass is 248 g/mol. The highest BCUT2D eigenvalue weighted by atomic mass is 16.3. The second kappa shape index (κ2) is 5.29. The molecule has 4 heteroatoms. The van der Waals surface area contributed by atoms with E-state index in [9.17, 15) is 9.90 Å². The summed E-state index contributed by atoms with van der Waals surface area (Å²) in [7, 11) is 0. The van der Waals surface area contributed by atoms with Gasteiger partial charge in [0.15, 0.2) is 0 Å². The molecule has 4 nitrogen and oxygen atoms in total. The van der Waals surface area contributed by atoms with Crippen molar-refractivity contribution >= 4 is 11.6 Å². The molecule has 0 spiro atoms. The van der Waals surface area contributed by atoms with Crippen molar-refractivity contribution in [2.24, 2.45) is 0 Å². The van der Waals surface area contributed by atoms with E-state index in [0.29, 0.717) is 11.3 Å². The van der Waals surface area contributed by atoms with E-state index in [1.807, 2.05) is 4.90 Å². The van der Waals surface area contributed by atoms with Crippen LogP contribution in [0.5, 0.6) is 5.75 Å². The molecule has 0 saturated carbocycles. The molecule has 18 heavy (non-hydrogen) atoms. The molecule has 0 aliphatic carbocycles. The SMILES string of the molecule is CC1CCCCCN1C(=O)c1cc(O)ccc1N. The number of phenolic OH excluding ortho intramolecular Hbond substituents is 1. The molecule has 1 fully saturated rings. The highest BCUT2D eigenvalue weighted by molar-refractivity contribution is 5.99. The summed E-state index contributed by atoms with van der Waals surface area (Å²) in [6.07, 6.45) is 4.41. The van der Waals surface area contributed by atoms with Crippen LogP contribution in [0.4, 0.5) is 5.69 Å². The predicted molar refractivity (Wildman–Crippen MR) is 71.5 cm³/mol. The Morgan fingerprint density at radius 1 is 1.39 bits per heavy atom.